The summed E-state index contributed by atoms with van der Waals surface area (Å²) in [5.74, 6) is 0.807. The van der Waals surface area contributed by atoms with Crippen LogP contribution in [0.1, 0.15) is 21.6 Å². The first-order valence-corrected chi connectivity index (χ1v) is 8.85. The molecule has 0 saturated heterocycles. The summed E-state index contributed by atoms with van der Waals surface area (Å²) in [6.07, 6.45) is 3.68. The number of nitrogens with one attached hydrogen (secondary N) is 2. The van der Waals surface area contributed by atoms with Crippen molar-refractivity contribution in [1.29, 1.82) is 0 Å². The van der Waals surface area contributed by atoms with Crippen molar-refractivity contribution in [3.05, 3.63) is 83.6 Å². The van der Waals surface area contributed by atoms with Crippen LogP contribution < -0.4 is 15.4 Å². The fourth-order valence-electron chi connectivity index (χ4n) is 2.54. The summed E-state index contributed by atoms with van der Waals surface area (Å²) in [5, 5.41) is 5.94. The van der Waals surface area contributed by atoms with Gasteiger partial charge >= 0.3 is 0 Å². The Kier molecular flexibility index (Phi) is 6.51. The Hall–Kier alpha value is -3.48. The van der Waals surface area contributed by atoms with Crippen LogP contribution in [0.4, 0.5) is 10.2 Å². The number of benzene rings is 2. The Labute approximate surface area is 162 Å². The molecule has 28 heavy (non-hydrogen) atoms. The van der Waals surface area contributed by atoms with E-state index in [1.54, 1.807) is 19.2 Å². The monoisotopic (exact) mass is 380 g/mol. The lowest BCUT2D eigenvalue weighted by Crippen LogP contribution is -2.24. The van der Waals surface area contributed by atoms with Gasteiger partial charge in [0.05, 0.1) is 19.5 Å². The van der Waals surface area contributed by atoms with Gasteiger partial charge in [-0.15, -0.1) is 0 Å². The summed E-state index contributed by atoms with van der Waals surface area (Å²) in [4.78, 5) is 20.6. The largest absolute Gasteiger partial charge is 0.497 e. The molecule has 0 aliphatic rings. The second-order valence-corrected chi connectivity index (χ2v) is 6.12. The smallest absolute Gasteiger partial charge is 0.271 e. The maximum atomic E-state index is 12.9. The molecular weight excluding hydrogens is 359 g/mol. The zero-order valence-corrected chi connectivity index (χ0v) is 15.5. The average molecular weight is 380 g/mol. The number of carbonyl (C=O) groups is 1. The van der Waals surface area contributed by atoms with Crippen LogP contribution in [0.5, 0.6) is 5.75 Å². The maximum absolute atomic E-state index is 12.9. The van der Waals surface area contributed by atoms with E-state index < -0.39 is 0 Å². The minimum atomic E-state index is -0.291. The molecule has 0 fully saturated rings. The highest BCUT2D eigenvalue weighted by atomic mass is 19.1. The van der Waals surface area contributed by atoms with E-state index in [0.29, 0.717) is 18.9 Å². The molecule has 0 bridgehead atoms. The second kappa shape index (κ2) is 9.45. The molecule has 7 heteroatoms. The molecule has 0 atom stereocenters. The van der Waals surface area contributed by atoms with Gasteiger partial charge < -0.3 is 15.4 Å². The van der Waals surface area contributed by atoms with Crippen LogP contribution in [0.15, 0.2) is 60.9 Å². The standard InChI is InChI=1S/C21H21FN4O2/c1-28-18-8-4-16(5-9-18)12-26-21(27)19-13-25-20(14-24-19)23-11-10-15-2-6-17(22)7-3-15/h2-9,13-14H,10-12H2,1H3,(H,23,25)(H,26,27). The van der Waals surface area contributed by atoms with Gasteiger partial charge in [0, 0.05) is 13.1 Å². The van der Waals surface area contributed by atoms with Crippen molar-refractivity contribution in [3.8, 4) is 5.75 Å². The Morgan fingerprint density at radius 2 is 1.71 bits per heavy atom. The van der Waals surface area contributed by atoms with E-state index in [9.17, 15) is 9.18 Å². The van der Waals surface area contributed by atoms with Crippen LogP contribution in [0, 0.1) is 5.82 Å². The van der Waals surface area contributed by atoms with E-state index in [-0.39, 0.29) is 17.4 Å². The van der Waals surface area contributed by atoms with Gasteiger partial charge in [-0.1, -0.05) is 24.3 Å². The highest BCUT2D eigenvalue weighted by Gasteiger charge is 2.08. The molecule has 0 aliphatic carbocycles. The number of aromatic nitrogens is 2. The molecule has 0 aliphatic heterocycles. The molecule has 144 valence electrons. The van der Waals surface area contributed by atoms with Gasteiger partial charge in [-0.05, 0) is 41.8 Å². The van der Waals surface area contributed by atoms with Crippen molar-refractivity contribution < 1.29 is 13.9 Å². The van der Waals surface area contributed by atoms with Gasteiger partial charge in [-0.3, -0.25) is 4.79 Å². The first-order valence-electron chi connectivity index (χ1n) is 8.85. The summed E-state index contributed by atoms with van der Waals surface area (Å²) < 4.78 is 18.0. The van der Waals surface area contributed by atoms with E-state index in [0.717, 1.165) is 23.3 Å². The quantitative estimate of drug-likeness (QED) is 0.628. The van der Waals surface area contributed by atoms with Crippen molar-refractivity contribution in [2.75, 3.05) is 19.0 Å². The third kappa shape index (κ3) is 5.51. The molecule has 1 heterocycles. The molecule has 2 N–H and O–H groups in total. The summed E-state index contributed by atoms with van der Waals surface area (Å²) in [6.45, 7) is 1.02. The lowest BCUT2D eigenvalue weighted by molar-refractivity contribution is 0.0945. The fourth-order valence-corrected chi connectivity index (χ4v) is 2.54. The highest BCUT2D eigenvalue weighted by molar-refractivity contribution is 5.91. The number of nitrogens with zero attached hydrogens (tertiary/aromatic N) is 2. The minimum absolute atomic E-state index is 0.247. The number of carbonyl (C=O) groups excluding carboxylic acids is 1. The van der Waals surface area contributed by atoms with E-state index in [4.69, 9.17) is 4.74 Å². The normalized spacial score (nSPS) is 10.4. The summed E-state index contributed by atoms with van der Waals surface area (Å²) >= 11 is 0. The topological polar surface area (TPSA) is 76.1 Å². The maximum Gasteiger partial charge on any atom is 0.271 e. The number of hydrogen-bond donors (Lipinski definition) is 2. The zero-order valence-electron chi connectivity index (χ0n) is 15.5. The molecule has 0 unspecified atom stereocenters. The molecule has 1 aromatic heterocycles. The number of ether oxygens (including phenoxy) is 1. The summed E-state index contributed by atoms with van der Waals surface area (Å²) in [6, 6.07) is 13.8. The van der Waals surface area contributed by atoms with Gasteiger partial charge in [0.1, 0.15) is 23.1 Å². The predicted molar refractivity (Wildman–Crippen MR) is 105 cm³/mol. The Balaban J connectivity index is 1.46. The number of anilines is 1. The number of hydrogen-bond acceptors (Lipinski definition) is 5. The zero-order chi connectivity index (χ0) is 19.8. The van der Waals surface area contributed by atoms with E-state index in [1.165, 1.54) is 24.5 Å². The van der Waals surface area contributed by atoms with Crippen molar-refractivity contribution in [1.82, 2.24) is 15.3 Å². The minimum Gasteiger partial charge on any atom is -0.497 e. The summed E-state index contributed by atoms with van der Waals surface area (Å²) in [5.41, 5.74) is 2.23. The molecule has 3 aromatic rings. The molecule has 3 rings (SSSR count). The lowest BCUT2D eigenvalue weighted by Gasteiger charge is -2.08. The Bertz CT molecular complexity index is 897. The lowest BCUT2D eigenvalue weighted by atomic mass is 10.1. The van der Waals surface area contributed by atoms with Crippen LogP contribution >= 0.6 is 0 Å². The van der Waals surface area contributed by atoms with Crippen LogP contribution in [-0.4, -0.2) is 29.5 Å². The van der Waals surface area contributed by atoms with Crippen LogP contribution in [0.2, 0.25) is 0 Å². The molecule has 0 spiro atoms. The van der Waals surface area contributed by atoms with Crippen LogP contribution in [0.25, 0.3) is 0 Å². The molecule has 1 amide bonds. The van der Waals surface area contributed by atoms with Gasteiger partial charge in [-0.25, -0.2) is 14.4 Å². The van der Waals surface area contributed by atoms with E-state index in [2.05, 4.69) is 20.6 Å². The second-order valence-electron chi connectivity index (χ2n) is 6.12. The fraction of sp³-hybridized carbons (Fsp3) is 0.190. The molecule has 0 radical (unpaired) electrons. The number of amides is 1. The van der Waals surface area contributed by atoms with E-state index >= 15 is 0 Å². The first-order chi connectivity index (χ1) is 13.6. The molecule has 6 nitrogen and oxygen atoms in total. The van der Waals surface area contributed by atoms with E-state index in [1.807, 2.05) is 24.3 Å². The average Bonchev–Trinajstić information content (AvgIpc) is 2.74. The van der Waals surface area contributed by atoms with Crippen molar-refractivity contribution >= 4 is 11.7 Å². The predicted octanol–water partition coefficient (Wildman–Crippen LogP) is 3.21. The number of halogens is 1. The molecular formula is C21H21FN4O2. The van der Waals surface area contributed by atoms with Crippen LogP contribution in [-0.2, 0) is 13.0 Å². The van der Waals surface area contributed by atoms with Gasteiger partial charge in [-0.2, -0.15) is 0 Å². The Morgan fingerprint density at radius 3 is 2.36 bits per heavy atom. The first kappa shape index (κ1) is 19.3. The van der Waals surface area contributed by atoms with Gasteiger partial charge in [0.2, 0.25) is 0 Å². The molecule has 2 aromatic carbocycles. The summed E-state index contributed by atoms with van der Waals surface area (Å²) in [7, 11) is 1.61. The third-order valence-electron chi connectivity index (χ3n) is 4.13. The van der Waals surface area contributed by atoms with Crippen molar-refractivity contribution in [2.24, 2.45) is 0 Å². The van der Waals surface area contributed by atoms with Crippen LogP contribution in [0.3, 0.4) is 0 Å². The Morgan fingerprint density at radius 1 is 1.00 bits per heavy atom. The van der Waals surface area contributed by atoms with Crippen molar-refractivity contribution in [2.45, 2.75) is 13.0 Å². The number of methoxy groups -OCH3 is 1. The molecule has 0 saturated carbocycles. The third-order valence-corrected chi connectivity index (χ3v) is 4.13. The highest BCUT2D eigenvalue weighted by Crippen LogP contribution is 2.11. The van der Waals surface area contributed by atoms with Crippen molar-refractivity contribution in [3.63, 3.8) is 0 Å². The SMILES string of the molecule is COc1ccc(CNC(=O)c2cnc(NCCc3ccc(F)cc3)cn2)cc1. The number of rotatable bonds is 8. The van der Waals surface area contributed by atoms with Gasteiger partial charge in [0.25, 0.3) is 5.91 Å². The van der Waals surface area contributed by atoms with Gasteiger partial charge in [0.15, 0.2) is 0 Å².